The fourth-order valence-corrected chi connectivity index (χ4v) is 1.53. The lowest BCUT2D eigenvalue weighted by atomic mass is 10.2. The fraction of sp³-hybridized carbons (Fsp3) is 0.0714. The van der Waals surface area contributed by atoms with Gasteiger partial charge in [0.15, 0.2) is 11.6 Å². The summed E-state index contributed by atoms with van der Waals surface area (Å²) in [5.41, 5.74) is 0.538. The number of benzene rings is 2. The number of carbonyl (C=O) groups is 1. The van der Waals surface area contributed by atoms with E-state index in [4.69, 9.17) is 4.74 Å². The first-order chi connectivity index (χ1) is 9.08. The Bertz CT molecular complexity index is 612. The monoisotopic (exact) mass is 266 g/mol. The molecule has 0 saturated carbocycles. The van der Waals surface area contributed by atoms with E-state index in [9.17, 15) is 18.0 Å². The average molecular weight is 266 g/mol. The van der Waals surface area contributed by atoms with E-state index in [0.717, 1.165) is 24.3 Å². The normalized spacial score (nSPS) is 10.3. The molecular formula is C14H9F3O2. The number of rotatable bonds is 4. The zero-order valence-corrected chi connectivity index (χ0v) is 9.70. The van der Waals surface area contributed by atoms with Crippen LogP contribution in [0.2, 0.25) is 0 Å². The van der Waals surface area contributed by atoms with Crippen LogP contribution < -0.4 is 4.74 Å². The maximum absolute atomic E-state index is 13.1. The van der Waals surface area contributed by atoms with Crippen LogP contribution >= 0.6 is 0 Å². The Morgan fingerprint density at radius 3 is 2.47 bits per heavy atom. The molecule has 2 aromatic carbocycles. The minimum Gasteiger partial charge on any atom is -0.489 e. The van der Waals surface area contributed by atoms with E-state index in [1.54, 1.807) is 0 Å². The SMILES string of the molecule is O=Cc1cc(F)cc(OCc2ccc(F)c(F)c2)c1. The highest BCUT2D eigenvalue weighted by molar-refractivity contribution is 5.75. The van der Waals surface area contributed by atoms with Crippen LogP contribution in [0, 0.1) is 17.5 Å². The zero-order chi connectivity index (χ0) is 13.8. The van der Waals surface area contributed by atoms with Gasteiger partial charge in [0.25, 0.3) is 0 Å². The summed E-state index contributed by atoms with van der Waals surface area (Å²) in [5.74, 6) is -2.39. The average Bonchev–Trinajstić information content (AvgIpc) is 2.39. The summed E-state index contributed by atoms with van der Waals surface area (Å²) < 4.78 is 44.0. The standard InChI is InChI=1S/C14H9F3O2/c15-11-3-10(7-18)4-12(6-11)19-8-9-1-2-13(16)14(17)5-9/h1-7H,8H2. The lowest BCUT2D eigenvalue weighted by Crippen LogP contribution is -1.98. The van der Waals surface area contributed by atoms with Crippen molar-refractivity contribution in [1.29, 1.82) is 0 Å². The van der Waals surface area contributed by atoms with Crippen LogP contribution in [-0.4, -0.2) is 6.29 Å². The van der Waals surface area contributed by atoms with E-state index >= 15 is 0 Å². The minimum atomic E-state index is -0.978. The molecular weight excluding hydrogens is 257 g/mol. The zero-order valence-electron chi connectivity index (χ0n) is 9.70. The van der Waals surface area contributed by atoms with E-state index in [2.05, 4.69) is 0 Å². The van der Waals surface area contributed by atoms with Crippen molar-refractivity contribution in [2.24, 2.45) is 0 Å². The van der Waals surface area contributed by atoms with Crippen LogP contribution in [0.25, 0.3) is 0 Å². The second kappa shape index (κ2) is 5.56. The number of hydrogen-bond donors (Lipinski definition) is 0. The minimum absolute atomic E-state index is 0.0566. The maximum atomic E-state index is 13.1. The summed E-state index contributed by atoms with van der Waals surface area (Å²) in [4.78, 5) is 10.6. The van der Waals surface area contributed by atoms with Crippen LogP contribution in [0.15, 0.2) is 36.4 Å². The first-order valence-electron chi connectivity index (χ1n) is 5.41. The first kappa shape index (κ1) is 13.1. The summed E-state index contributed by atoms with van der Waals surface area (Å²) in [5, 5.41) is 0. The Labute approximate surface area is 107 Å². The van der Waals surface area contributed by atoms with Gasteiger partial charge in [-0.25, -0.2) is 13.2 Å². The second-order valence-electron chi connectivity index (χ2n) is 3.88. The van der Waals surface area contributed by atoms with Crippen molar-refractivity contribution in [3.05, 3.63) is 65.0 Å². The Morgan fingerprint density at radius 1 is 1.00 bits per heavy atom. The molecule has 98 valence electrons. The molecule has 2 rings (SSSR count). The summed E-state index contributed by atoms with van der Waals surface area (Å²) in [6, 6.07) is 6.87. The molecule has 2 aromatic rings. The van der Waals surface area contributed by atoms with Crippen LogP contribution in [0.3, 0.4) is 0 Å². The van der Waals surface area contributed by atoms with Gasteiger partial charge >= 0.3 is 0 Å². The molecule has 19 heavy (non-hydrogen) atoms. The molecule has 0 saturated heterocycles. The highest BCUT2D eigenvalue weighted by atomic mass is 19.2. The van der Waals surface area contributed by atoms with Crippen LogP contribution in [-0.2, 0) is 6.61 Å². The number of ether oxygens (including phenoxy) is 1. The smallest absolute Gasteiger partial charge is 0.159 e. The number of hydrogen-bond acceptors (Lipinski definition) is 2. The highest BCUT2D eigenvalue weighted by Gasteiger charge is 2.05. The van der Waals surface area contributed by atoms with Gasteiger partial charge in [-0.3, -0.25) is 4.79 Å². The summed E-state index contributed by atoms with van der Waals surface area (Å²) in [6.07, 6.45) is 0.494. The van der Waals surface area contributed by atoms with Gasteiger partial charge in [0.2, 0.25) is 0 Å². The van der Waals surface area contributed by atoms with Gasteiger partial charge in [-0.2, -0.15) is 0 Å². The first-order valence-corrected chi connectivity index (χ1v) is 5.41. The highest BCUT2D eigenvalue weighted by Crippen LogP contribution is 2.17. The third-order valence-electron chi connectivity index (χ3n) is 2.42. The van der Waals surface area contributed by atoms with Crippen LogP contribution in [0.1, 0.15) is 15.9 Å². The molecule has 0 amide bonds. The molecule has 0 spiro atoms. The third kappa shape index (κ3) is 3.34. The molecule has 0 fully saturated rings. The van der Waals surface area contributed by atoms with E-state index in [-0.39, 0.29) is 17.9 Å². The topological polar surface area (TPSA) is 26.3 Å². The molecule has 5 heteroatoms. The molecule has 0 aliphatic carbocycles. The van der Waals surface area contributed by atoms with Crippen molar-refractivity contribution in [1.82, 2.24) is 0 Å². The number of aldehydes is 1. The lowest BCUT2D eigenvalue weighted by Gasteiger charge is -2.07. The number of carbonyl (C=O) groups excluding carboxylic acids is 1. The molecule has 0 aromatic heterocycles. The van der Waals surface area contributed by atoms with Crippen LogP contribution in [0.5, 0.6) is 5.75 Å². The molecule has 0 bridgehead atoms. The predicted octanol–water partition coefficient (Wildman–Crippen LogP) is 3.50. The van der Waals surface area contributed by atoms with Crippen molar-refractivity contribution in [3.63, 3.8) is 0 Å². The van der Waals surface area contributed by atoms with Crippen molar-refractivity contribution in [2.75, 3.05) is 0 Å². The van der Waals surface area contributed by atoms with E-state index in [0.29, 0.717) is 11.8 Å². The van der Waals surface area contributed by atoms with Crippen molar-refractivity contribution in [3.8, 4) is 5.75 Å². The molecule has 0 aliphatic rings. The van der Waals surface area contributed by atoms with Gasteiger partial charge in [-0.1, -0.05) is 6.07 Å². The van der Waals surface area contributed by atoms with E-state index < -0.39 is 17.5 Å². The Hall–Kier alpha value is -2.30. The van der Waals surface area contributed by atoms with Crippen molar-refractivity contribution < 1.29 is 22.7 Å². The summed E-state index contributed by atoms with van der Waals surface area (Å²) in [7, 11) is 0. The van der Waals surface area contributed by atoms with Gasteiger partial charge in [0, 0.05) is 11.6 Å². The fourth-order valence-electron chi connectivity index (χ4n) is 1.53. The molecule has 0 N–H and O–H groups in total. The van der Waals surface area contributed by atoms with Gasteiger partial charge < -0.3 is 4.74 Å². The summed E-state index contributed by atoms with van der Waals surface area (Å²) >= 11 is 0. The quantitative estimate of drug-likeness (QED) is 0.792. The summed E-state index contributed by atoms with van der Waals surface area (Å²) in [6.45, 7) is -0.0566. The van der Waals surface area contributed by atoms with Gasteiger partial charge in [-0.05, 0) is 29.8 Å². The Balaban J connectivity index is 2.11. The van der Waals surface area contributed by atoms with E-state index in [1.165, 1.54) is 12.1 Å². The molecule has 2 nitrogen and oxygen atoms in total. The lowest BCUT2D eigenvalue weighted by molar-refractivity contribution is 0.112. The molecule has 0 unspecified atom stereocenters. The van der Waals surface area contributed by atoms with Gasteiger partial charge in [0.1, 0.15) is 24.5 Å². The largest absolute Gasteiger partial charge is 0.489 e. The predicted molar refractivity (Wildman–Crippen MR) is 62.5 cm³/mol. The van der Waals surface area contributed by atoms with Gasteiger partial charge in [-0.15, -0.1) is 0 Å². The second-order valence-corrected chi connectivity index (χ2v) is 3.88. The van der Waals surface area contributed by atoms with Crippen molar-refractivity contribution in [2.45, 2.75) is 6.61 Å². The van der Waals surface area contributed by atoms with Crippen LogP contribution in [0.4, 0.5) is 13.2 Å². The molecule has 0 heterocycles. The van der Waals surface area contributed by atoms with E-state index in [1.807, 2.05) is 0 Å². The molecule has 0 atom stereocenters. The van der Waals surface area contributed by atoms with Crippen molar-refractivity contribution >= 4 is 6.29 Å². The maximum Gasteiger partial charge on any atom is 0.159 e. The third-order valence-corrected chi connectivity index (χ3v) is 2.42. The molecule has 0 aliphatic heterocycles. The Morgan fingerprint density at radius 2 is 1.79 bits per heavy atom. The van der Waals surface area contributed by atoms with Gasteiger partial charge in [0.05, 0.1) is 0 Å². The number of halogens is 3. The molecule has 0 radical (unpaired) electrons. The Kier molecular flexibility index (Phi) is 3.85.